The zero-order valence-corrected chi connectivity index (χ0v) is 12.4. The summed E-state index contributed by atoms with van der Waals surface area (Å²) in [5.41, 5.74) is 3.46. The molecule has 0 bridgehead atoms. The Labute approximate surface area is 112 Å². The fourth-order valence-corrected chi connectivity index (χ4v) is 2.17. The smallest absolute Gasteiger partial charge is 0.0916 e. The number of aliphatic hydroxyl groups excluding tert-OH is 1. The van der Waals surface area contributed by atoms with E-state index in [9.17, 15) is 5.11 Å². The van der Waals surface area contributed by atoms with Gasteiger partial charge >= 0.3 is 0 Å². The molecule has 2 heteroatoms. The average Bonchev–Trinajstić information content (AvgIpc) is 2.25. The number of hydrogen-bond donors (Lipinski definition) is 1. The van der Waals surface area contributed by atoms with Crippen molar-refractivity contribution >= 4 is 0 Å². The van der Waals surface area contributed by atoms with E-state index in [1.54, 1.807) is 0 Å². The fourth-order valence-electron chi connectivity index (χ4n) is 2.17. The molecule has 1 N–H and O–H groups in total. The number of likely N-dealkylation sites (N-methyl/N-ethyl adjacent to an activating group) is 1. The summed E-state index contributed by atoms with van der Waals surface area (Å²) in [5.74, 6) is 0.714. The molecule has 0 saturated carbocycles. The van der Waals surface area contributed by atoms with Gasteiger partial charge in [-0.2, -0.15) is 0 Å². The highest BCUT2D eigenvalue weighted by Gasteiger charge is 2.11. The molecule has 0 aliphatic rings. The van der Waals surface area contributed by atoms with Crippen molar-refractivity contribution in [2.75, 3.05) is 20.1 Å². The van der Waals surface area contributed by atoms with Crippen molar-refractivity contribution in [3.05, 3.63) is 34.9 Å². The summed E-state index contributed by atoms with van der Waals surface area (Å²) in [6.07, 6.45) is 0.788. The highest BCUT2D eigenvalue weighted by Crippen LogP contribution is 2.18. The summed E-state index contributed by atoms with van der Waals surface area (Å²) in [6, 6.07) is 6.29. The Hall–Kier alpha value is -0.860. The maximum atomic E-state index is 10.3. The predicted molar refractivity (Wildman–Crippen MR) is 77.8 cm³/mol. The Balaban J connectivity index is 2.56. The van der Waals surface area contributed by atoms with Crippen LogP contribution in [-0.2, 0) is 0 Å². The summed E-state index contributed by atoms with van der Waals surface area (Å²) in [6.45, 7) is 10.4. The Bertz CT molecular complexity index is 353. The number of aliphatic hydroxyl groups is 1. The molecule has 102 valence electrons. The molecule has 0 radical (unpaired) electrons. The minimum Gasteiger partial charge on any atom is -0.387 e. The van der Waals surface area contributed by atoms with E-state index in [4.69, 9.17) is 0 Å². The number of hydrogen-bond acceptors (Lipinski definition) is 2. The van der Waals surface area contributed by atoms with Gasteiger partial charge in [0, 0.05) is 6.54 Å². The van der Waals surface area contributed by atoms with Gasteiger partial charge in [0.25, 0.3) is 0 Å². The Morgan fingerprint density at radius 2 is 1.67 bits per heavy atom. The molecule has 1 aromatic carbocycles. The molecule has 0 aromatic heterocycles. The van der Waals surface area contributed by atoms with E-state index in [1.807, 2.05) is 0 Å². The number of nitrogens with zero attached hydrogens (tertiary/aromatic N) is 1. The van der Waals surface area contributed by atoms with E-state index < -0.39 is 0 Å². The van der Waals surface area contributed by atoms with Gasteiger partial charge in [-0.25, -0.2) is 0 Å². The van der Waals surface area contributed by atoms with Crippen LogP contribution in [0, 0.1) is 19.8 Å². The van der Waals surface area contributed by atoms with Crippen molar-refractivity contribution in [3.63, 3.8) is 0 Å². The van der Waals surface area contributed by atoms with Crippen molar-refractivity contribution < 1.29 is 5.11 Å². The van der Waals surface area contributed by atoms with Gasteiger partial charge in [-0.15, -0.1) is 0 Å². The van der Waals surface area contributed by atoms with Gasteiger partial charge in [0.1, 0.15) is 0 Å². The molecule has 18 heavy (non-hydrogen) atoms. The van der Waals surface area contributed by atoms with Crippen molar-refractivity contribution in [3.8, 4) is 0 Å². The Morgan fingerprint density at radius 1 is 1.11 bits per heavy atom. The van der Waals surface area contributed by atoms with Gasteiger partial charge in [-0.05, 0) is 45.3 Å². The highest BCUT2D eigenvalue weighted by atomic mass is 16.3. The molecular weight excluding hydrogens is 222 g/mol. The van der Waals surface area contributed by atoms with E-state index in [0.29, 0.717) is 12.5 Å². The molecule has 1 aromatic rings. The van der Waals surface area contributed by atoms with Gasteiger partial charge in [-0.3, -0.25) is 0 Å². The topological polar surface area (TPSA) is 23.5 Å². The highest BCUT2D eigenvalue weighted by molar-refractivity contribution is 5.30. The molecule has 0 saturated heterocycles. The average molecular weight is 249 g/mol. The molecule has 2 nitrogen and oxygen atoms in total. The lowest BCUT2D eigenvalue weighted by molar-refractivity contribution is 0.124. The van der Waals surface area contributed by atoms with Gasteiger partial charge in [0.05, 0.1) is 6.10 Å². The lowest BCUT2D eigenvalue weighted by atomic mass is 10.0. The summed E-state index contributed by atoms with van der Waals surface area (Å²) in [7, 11) is 2.08. The summed E-state index contributed by atoms with van der Waals surface area (Å²) in [5, 5.41) is 10.3. The first-order valence-electron chi connectivity index (χ1n) is 6.83. The van der Waals surface area contributed by atoms with Crippen LogP contribution in [0.3, 0.4) is 0 Å². The monoisotopic (exact) mass is 249 g/mol. The normalized spacial score (nSPS) is 13.3. The van der Waals surface area contributed by atoms with Crippen LogP contribution in [-0.4, -0.2) is 30.1 Å². The largest absolute Gasteiger partial charge is 0.387 e. The molecule has 0 amide bonds. The third-order valence-corrected chi connectivity index (χ3v) is 3.20. The minimum atomic E-state index is -0.388. The van der Waals surface area contributed by atoms with E-state index in [1.165, 1.54) is 17.5 Å². The SMILES string of the molecule is Cc1cc(C)cc(C(O)CN(C)CCC(C)C)c1. The van der Waals surface area contributed by atoms with E-state index in [-0.39, 0.29) is 6.10 Å². The van der Waals surface area contributed by atoms with Crippen LogP contribution in [0.5, 0.6) is 0 Å². The zero-order valence-electron chi connectivity index (χ0n) is 12.4. The van der Waals surface area contributed by atoms with Gasteiger partial charge in [-0.1, -0.05) is 43.2 Å². The molecule has 1 rings (SSSR count). The first kappa shape index (κ1) is 15.2. The quantitative estimate of drug-likeness (QED) is 0.836. The minimum absolute atomic E-state index is 0.388. The maximum absolute atomic E-state index is 10.3. The van der Waals surface area contributed by atoms with Crippen LogP contribution in [0.4, 0.5) is 0 Å². The summed E-state index contributed by atoms with van der Waals surface area (Å²) < 4.78 is 0. The van der Waals surface area contributed by atoms with E-state index in [2.05, 4.69) is 57.8 Å². The van der Waals surface area contributed by atoms with Crippen LogP contribution in [0.2, 0.25) is 0 Å². The fraction of sp³-hybridized carbons (Fsp3) is 0.625. The first-order valence-corrected chi connectivity index (χ1v) is 6.83. The molecule has 1 atom stereocenters. The lowest BCUT2D eigenvalue weighted by Gasteiger charge is -2.22. The van der Waals surface area contributed by atoms with Crippen molar-refractivity contribution in [2.45, 2.75) is 40.2 Å². The summed E-state index contributed by atoms with van der Waals surface area (Å²) in [4.78, 5) is 2.21. The Morgan fingerprint density at radius 3 is 2.17 bits per heavy atom. The Kier molecular flexibility index (Phi) is 5.83. The first-order chi connectivity index (χ1) is 8.38. The van der Waals surface area contributed by atoms with E-state index >= 15 is 0 Å². The van der Waals surface area contributed by atoms with Gasteiger partial charge in [0.2, 0.25) is 0 Å². The second kappa shape index (κ2) is 6.91. The molecule has 0 aliphatic heterocycles. The van der Waals surface area contributed by atoms with Crippen molar-refractivity contribution in [2.24, 2.45) is 5.92 Å². The van der Waals surface area contributed by atoms with Crippen LogP contribution < -0.4 is 0 Å². The number of aryl methyl sites for hydroxylation is 2. The van der Waals surface area contributed by atoms with Crippen LogP contribution in [0.25, 0.3) is 0 Å². The third-order valence-electron chi connectivity index (χ3n) is 3.20. The van der Waals surface area contributed by atoms with Gasteiger partial charge < -0.3 is 10.0 Å². The molecule has 0 aliphatic carbocycles. The molecule has 0 fully saturated rings. The zero-order chi connectivity index (χ0) is 13.7. The molecule has 1 unspecified atom stereocenters. The lowest BCUT2D eigenvalue weighted by Crippen LogP contribution is -2.26. The second-order valence-electron chi connectivity index (χ2n) is 5.88. The molecule has 0 heterocycles. The van der Waals surface area contributed by atoms with E-state index in [0.717, 1.165) is 12.1 Å². The van der Waals surface area contributed by atoms with Crippen molar-refractivity contribution in [1.29, 1.82) is 0 Å². The third kappa shape index (κ3) is 5.19. The van der Waals surface area contributed by atoms with Crippen LogP contribution >= 0.6 is 0 Å². The number of rotatable bonds is 6. The summed E-state index contributed by atoms with van der Waals surface area (Å²) >= 11 is 0. The standard InChI is InChI=1S/C16H27NO/c1-12(2)6-7-17(5)11-16(18)15-9-13(3)8-14(4)10-15/h8-10,12,16,18H,6-7,11H2,1-5H3. The van der Waals surface area contributed by atoms with Crippen LogP contribution in [0.15, 0.2) is 18.2 Å². The second-order valence-corrected chi connectivity index (χ2v) is 5.88. The molecule has 0 spiro atoms. The molecular formula is C16H27NO. The maximum Gasteiger partial charge on any atom is 0.0916 e. The number of benzene rings is 1. The van der Waals surface area contributed by atoms with Crippen molar-refractivity contribution in [1.82, 2.24) is 4.90 Å². The van der Waals surface area contributed by atoms with Crippen LogP contribution in [0.1, 0.15) is 43.1 Å². The van der Waals surface area contributed by atoms with Gasteiger partial charge in [0.15, 0.2) is 0 Å². The predicted octanol–water partition coefficient (Wildman–Crippen LogP) is 3.31.